The summed E-state index contributed by atoms with van der Waals surface area (Å²) in [4.78, 5) is 12.8. The van der Waals surface area contributed by atoms with Crippen LogP contribution >= 0.6 is 0 Å². The van der Waals surface area contributed by atoms with Crippen LogP contribution in [0, 0.1) is 0 Å². The van der Waals surface area contributed by atoms with Gasteiger partial charge in [0.05, 0.1) is 0 Å². The molecule has 3 nitrogen and oxygen atoms in total. The van der Waals surface area contributed by atoms with Gasteiger partial charge in [-0.15, -0.1) is 0 Å². The maximum Gasteiger partial charge on any atom is 0.217 e. The summed E-state index contributed by atoms with van der Waals surface area (Å²) < 4.78 is 0. The molecule has 11 heavy (non-hydrogen) atoms. The second-order valence-corrected chi connectivity index (χ2v) is 2.95. The summed E-state index contributed by atoms with van der Waals surface area (Å²) in [6.45, 7) is 3.67. The van der Waals surface area contributed by atoms with Gasteiger partial charge in [0.2, 0.25) is 5.91 Å². The third-order valence-electron chi connectivity index (χ3n) is 1.80. The Kier molecular flexibility index (Phi) is 4.03. The van der Waals surface area contributed by atoms with Crippen molar-refractivity contribution in [2.45, 2.75) is 19.4 Å². The number of nitrogens with one attached hydrogen (secondary N) is 1. The van der Waals surface area contributed by atoms with Crippen molar-refractivity contribution in [1.29, 1.82) is 0 Å². The van der Waals surface area contributed by atoms with E-state index in [9.17, 15) is 4.79 Å². The minimum Gasteiger partial charge on any atom is -0.352 e. The number of amides is 1. The van der Waals surface area contributed by atoms with Gasteiger partial charge < -0.3 is 10.2 Å². The number of likely N-dealkylation sites (N-methyl/N-ethyl adjacent to an activating group) is 1. The third-order valence-corrected chi connectivity index (χ3v) is 1.80. The van der Waals surface area contributed by atoms with Gasteiger partial charge in [-0.05, 0) is 20.0 Å². The zero-order chi connectivity index (χ0) is 7.56. The Bertz CT molecular complexity index is 140. The zero-order valence-corrected chi connectivity index (χ0v) is 6.96. The highest BCUT2D eigenvalue weighted by Crippen LogP contribution is 2.05. The molecule has 1 saturated heterocycles. The van der Waals surface area contributed by atoms with Crippen molar-refractivity contribution in [2.75, 3.05) is 20.1 Å². The SMILES string of the molecule is CC(=O)NC1CCN(C)C1.F. The predicted octanol–water partition coefficient (Wildman–Crippen LogP) is -0.0209. The summed E-state index contributed by atoms with van der Waals surface area (Å²) >= 11 is 0. The zero-order valence-electron chi connectivity index (χ0n) is 6.96. The van der Waals surface area contributed by atoms with E-state index in [-0.39, 0.29) is 10.6 Å². The van der Waals surface area contributed by atoms with Crippen LogP contribution in [0.5, 0.6) is 0 Å². The molecule has 1 fully saturated rings. The lowest BCUT2D eigenvalue weighted by Gasteiger charge is -2.10. The summed E-state index contributed by atoms with van der Waals surface area (Å²) in [5.41, 5.74) is 0. The van der Waals surface area contributed by atoms with E-state index >= 15 is 0 Å². The number of rotatable bonds is 1. The topological polar surface area (TPSA) is 32.3 Å². The maximum absolute atomic E-state index is 10.6. The average Bonchev–Trinajstić information content (AvgIpc) is 2.13. The summed E-state index contributed by atoms with van der Waals surface area (Å²) in [5, 5.41) is 2.89. The highest BCUT2D eigenvalue weighted by Gasteiger charge is 2.19. The van der Waals surface area contributed by atoms with E-state index in [4.69, 9.17) is 0 Å². The highest BCUT2D eigenvalue weighted by atomic mass is 19.0. The number of hydrogen-bond donors (Lipinski definition) is 1. The number of hydrogen-bond acceptors (Lipinski definition) is 2. The fourth-order valence-corrected chi connectivity index (χ4v) is 1.34. The number of carbonyl (C=O) groups excluding carboxylic acids is 1. The third kappa shape index (κ3) is 3.32. The van der Waals surface area contributed by atoms with Gasteiger partial charge in [0.1, 0.15) is 0 Å². The number of halogens is 1. The molecule has 0 spiro atoms. The molecule has 0 aromatic heterocycles. The van der Waals surface area contributed by atoms with Crippen LogP contribution in [0.1, 0.15) is 13.3 Å². The van der Waals surface area contributed by atoms with Crippen LogP contribution in [-0.2, 0) is 4.79 Å². The van der Waals surface area contributed by atoms with Gasteiger partial charge in [-0.25, -0.2) is 0 Å². The monoisotopic (exact) mass is 162 g/mol. The average molecular weight is 162 g/mol. The van der Waals surface area contributed by atoms with Gasteiger partial charge in [-0.3, -0.25) is 9.50 Å². The van der Waals surface area contributed by atoms with Crippen LogP contribution in [0.15, 0.2) is 0 Å². The lowest BCUT2D eigenvalue weighted by atomic mass is 10.3. The van der Waals surface area contributed by atoms with Crippen molar-refractivity contribution in [1.82, 2.24) is 10.2 Å². The van der Waals surface area contributed by atoms with E-state index in [2.05, 4.69) is 17.3 Å². The molecule has 0 bridgehead atoms. The minimum absolute atomic E-state index is 0. The van der Waals surface area contributed by atoms with Gasteiger partial charge in [-0.1, -0.05) is 0 Å². The second kappa shape index (κ2) is 4.28. The predicted molar refractivity (Wildman–Crippen MR) is 42.2 cm³/mol. The molecular weight excluding hydrogens is 147 g/mol. The van der Waals surface area contributed by atoms with E-state index < -0.39 is 0 Å². The van der Waals surface area contributed by atoms with Crippen molar-refractivity contribution in [2.24, 2.45) is 0 Å². The van der Waals surface area contributed by atoms with Gasteiger partial charge in [0.25, 0.3) is 0 Å². The molecule has 1 atom stereocenters. The number of likely N-dealkylation sites (tertiary alicyclic amines) is 1. The fourth-order valence-electron chi connectivity index (χ4n) is 1.34. The molecule has 1 N–H and O–H groups in total. The quantitative estimate of drug-likeness (QED) is 0.587. The first-order chi connectivity index (χ1) is 4.68. The van der Waals surface area contributed by atoms with E-state index in [1.165, 1.54) is 0 Å². The molecule has 1 aliphatic heterocycles. The van der Waals surface area contributed by atoms with Crippen molar-refractivity contribution in [3.8, 4) is 0 Å². The Hall–Kier alpha value is -0.640. The molecule has 4 heteroatoms. The van der Waals surface area contributed by atoms with Crippen molar-refractivity contribution < 1.29 is 9.50 Å². The minimum atomic E-state index is 0. The summed E-state index contributed by atoms with van der Waals surface area (Å²) in [6, 6.07) is 0.391. The van der Waals surface area contributed by atoms with Crippen LogP contribution in [0.2, 0.25) is 0 Å². The van der Waals surface area contributed by atoms with Crippen molar-refractivity contribution in [3.63, 3.8) is 0 Å². The fraction of sp³-hybridized carbons (Fsp3) is 0.857. The van der Waals surface area contributed by atoms with Gasteiger partial charge in [0.15, 0.2) is 0 Å². The van der Waals surface area contributed by atoms with Gasteiger partial charge in [0, 0.05) is 19.5 Å². The molecule has 0 radical (unpaired) electrons. The number of nitrogens with zero attached hydrogens (tertiary/aromatic N) is 1. The normalized spacial score (nSPS) is 24.4. The Morgan fingerprint density at radius 1 is 1.64 bits per heavy atom. The van der Waals surface area contributed by atoms with E-state index in [0.717, 1.165) is 19.5 Å². The largest absolute Gasteiger partial charge is 0.352 e. The number of carbonyl (C=O) groups is 1. The first-order valence-electron chi connectivity index (χ1n) is 3.64. The summed E-state index contributed by atoms with van der Waals surface area (Å²) in [5.74, 6) is 0.0836. The Morgan fingerprint density at radius 2 is 2.27 bits per heavy atom. The molecule has 0 aliphatic carbocycles. The lowest BCUT2D eigenvalue weighted by Crippen LogP contribution is -2.34. The molecule has 0 aromatic rings. The standard InChI is InChI=1S/C7H14N2O.FH/c1-6(10)8-7-3-4-9(2)5-7;/h7H,3-5H2,1-2H3,(H,8,10);1H. The van der Waals surface area contributed by atoms with Crippen LogP contribution in [0.25, 0.3) is 0 Å². The Labute approximate surface area is 66.1 Å². The molecule has 1 aliphatic rings. The smallest absolute Gasteiger partial charge is 0.217 e. The molecule has 0 aromatic carbocycles. The van der Waals surface area contributed by atoms with Crippen LogP contribution in [0.4, 0.5) is 4.70 Å². The molecule has 1 rings (SSSR count). The molecular formula is C7H15FN2O. The molecule has 1 heterocycles. The molecule has 1 unspecified atom stereocenters. The van der Waals surface area contributed by atoms with E-state index in [1.807, 2.05) is 0 Å². The van der Waals surface area contributed by atoms with E-state index in [0.29, 0.717) is 6.04 Å². The lowest BCUT2D eigenvalue weighted by molar-refractivity contribution is -0.119. The Morgan fingerprint density at radius 3 is 2.64 bits per heavy atom. The first-order valence-corrected chi connectivity index (χ1v) is 3.64. The summed E-state index contributed by atoms with van der Waals surface area (Å²) in [6.07, 6.45) is 1.09. The second-order valence-electron chi connectivity index (χ2n) is 2.95. The van der Waals surface area contributed by atoms with Gasteiger partial charge >= 0.3 is 0 Å². The maximum atomic E-state index is 10.6. The van der Waals surface area contributed by atoms with Crippen molar-refractivity contribution >= 4 is 5.91 Å². The molecule has 1 amide bonds. The summed E-state index contributed by atoms with van der Waals surface area (Å²) in [7, 11) is 2.07. The molecule has 0 saturated carbocycles. The van der Waals surface area contributed by atoms with Crippen LogP contribution < -0.4 is 5.32 Å². The molecule has 66 valence electrons. The Balaban J connectivity index is 0.000001000. The first kappa shape index (κ1) is 10.4. The highest BCUT2D eigenvalue weighted by molar-refractivity contribution is 5.73. The van der Waals surface area contributed by atoms with Crippen LogP contribution in [0.3, 0.4) is 0 Å². The van der Waals surface area contributed by atoms with Gasteiger partial charge in [-0.2, -0.15) is 0 Å². The van der Waals surface area contributed by atoms with E-state index in [1.54, 1.807) is 6.92 Å². The van der Waals surface area contributed by atoms with Crippen molar-refractivity contribution in [3.05, 3.63) is 0 Å². The van der Waals surface area contributed by atoms with Crippen LogP contribution in [-0.4, -0.2) is 37.0 Å².